The highest BCUT2D eigenvalue weighted by Gasteiger charge is 2.40. The Balaban J connectivity index is 1.30. The molecule has 0 saturated carbocycles. The fraction of sp³-hybridized carbons (Fsp3) is 0.156. The minimum atomic E-state index is -0.0531. The number of pyridine rings is 1. The molecule has 1 unspecified atom stereocenters. The van der Waals surface area contributed by atoms with E-state index in [0.29, 0.717) is 5.92 Å². The molecule has 0 spiro atoms. The smallest absolute Gasteiger partial charge is 0.135 e. The molecule has 0 amide bonds. The van der Waals surface area contributed by atoms with Gasteiger partial charge >= 0.3 is 0 Å². The number of para-hydroxylation sites is 1. The van der Waals surface area contributed by atoms with Crippen molar-refractivity contribution < 1.29 is 4.42 Å². The van der Waals surface area contributed by atoms with E-state index in [2.05, 4.69) is 91.6 Å². The molecule has 5 aromatic rings. The fourth-order valence-corrected chi connectivity index (χ4v) is 6.09. The lowest BCUT2D eigenvalue weighted by Crippen LogP contribution is -2.17. The Morgan fingerprint density at radius 3 is 2.53 bits per heavy atom. The summed E-state index contributed by atoms with van der Waals surface area (Å²) in [5, 5.41) is 2.49. The number of rotatable bonds is 2. The van der Waals surface area contributed by atoms with Crippen molar-refractivity contribution in [1.82, 2.24) is 4.98 Å². The number of benzene rings is 3. The summed E-state index contributed by atoms with van der Waals surface area (Å²) >= 11 is 0. The largest absolute Gasteiger partial charge is 0.456 e. The van der Waals surface area contributed by atoms with Gasteiger partial charge in [0.05, 0.1) is 0 Å². The molecule has 2 aliphatic carbocycles. The number of hydrogen-bond acceptors (Lipinski definition) is 2. The van der Waals surface area contributed by atoms with Gasteiger partial charge in [-0.15, -0.1) is 0 Å². The fourth-order valence-electron chi connectivity index (χ4n) is 6.09. The van der Waals surface area contributed by atoms with Crippen molar-refractivity contribution in [2.24, 2.45) is 0 Å². The van der Waals surface area contributed by atoms with E-state index in [9.17, 15) is 0 Å². The van der Waals surface area contributed by atoms with Gasteiger partial charge in [-0.1, -0.05) is 80.6 Å². The second kappa shape index (κ2) is 7.04. The normalized spacial score (nSPS) is 18.5. The molecule has 164 valence electrons. The van der Waals surface area contributed by atoms with Crippen molar-refractivity contribution in [3.63, 3.8) is 0 Å². The minimum absolute atomic E-state index is 0.0531. The highest BCUT2D eigenvalue weighted by molar-refractivity contribution is 6.10. The molecule has 0 radical (unpaired) electrons. The molecule has 2 nitrogen and oxygen atoms in total. The third kappa shape index (κ3) is 2.72. The Morgan fingerprint density at radius 1 is 0.853 bits per heavy atom. The van der Waals surface area contributed by atoms with Gasteiger partial charge in [-0.2, -0.15) is 0 Å². The molecule has 2 aromatic heterocycles. The van der Waals surface area contributed by atoms with E-state index in [1.54, 1.807) is 0 Å². The van der Waals surface area contributed by atoms with Crippen molar-refractivity contribution in [3.8, 4) is 11.1 Å². The maximum atomic E-state index is 6.22. The molecule has 2 aliphatic rings. The average Bonchev–Trinajstić information content (AvgIpc) is 3.37. The minimum Gasteiger partial charge on any atom is -0.456 e. The highest BCUT2D eigenvalue weighted by Crippen LogP contribution is 2.55. The van der Waals surface area contributed by atoms with Gasteiger partial charge in [-0.05, 0) is 63.6 Å². The van der Waals surface area contributed by atoms with Crippen LogP contribution in [0.15, 0.2) is 107 Å². The summed E-state index contributed by atoms with van der Waals surface area (Å²) in [7, 11) is 0. The lowest BCUT2D eigenvalue weighted by molar-refractivity contribution is 0.649. The topological polar surface area (TPSA) is 26.0 Å². The zero-order valence-corrected chi connectivity index (χ0v) is 19.4. The van der Waals surface area contributed by atoms with Gasteiger partial charge in [-0.3, -0.25) is 4.98 Å². The number of fused-ring (bicyclic) bond motifs is 6. The van der Waals surface area contributed by atoms with Gasteiger partial charge in [0.15, 0.2) is 0 Å². The van der Waals surface area contributed by atoms with Crippen LogP contribution >= 0.6 is 0 Å². The van der Waals surface area contributed by atoms with Crippen molar-refractivity contribution in [2.75, 3.05) is 0 Å². The van der Waals surface area contributed by atoms with E-state index in [4.69, 9.17) is 4.42 Å². The summed E-state index contributed by atoms with van der Waals surface area (Å²) in [6.07, 6.45) is 9.54. The SMILES string of the molecule is CC1(C)C2=C(CC(c3ccc(-c4cccnc4)cc3)C=C2)c2ccc3oc4ccccc4c3c21. The van der Waals surface area contributed by atoms with Crippen LogP contribution in [0.5, 0.6) is 0 Å². The van der Waals surface area contributed by atoms with E-state index >= 15 is 0 Å². The number of hydrogen-bond donors (Lipinski definition) is 0. The highest BCUT2D eigenvalue weighted by atomic mass is 16.3. The van der Waals surface area contributed by atoms with Gasteiger partial charge in [-0.25, -0.2) is 0 Å². The van der Waals surface area contributed by atoms with Crippen LogP contribution < -0.4 is 0 Å². The summed E-state index contributed by atoms with van der Waals surface area (Å²) in [6.45, 7) is 4.73. The zero-order valence-electron chi connectivity index (χ0n) is 19.4. The first-order valence-corrected chi connectivity index (χ1v) is 12.0. The predicted molar refractivity (Wildman–Crippen MR) is 140 cm³/mol. The summed E-state index contributed by atoms with van der Waals surface area (Å²) < 4.78 is 6.22. The number of aromatic nitrogens is 1. The third-order valence-corrected chi connectivity index (χ3v) is 7.74. The molecule has 0 saturated heterocycles. The molecule has 0 N–H and O–H groups in total. The third-order valence-electron chi connectivity index (χ3n) is 7.74. The average molecular weight is 440 g/mol. The van der Waals surface area contributed by atoms with Crippen molar-refractivity contribution >= 4 is 27.5 Å². The lowest BCUT2D eigenvalue weighted by Gasteiger charge is -2.26. The second-order valence-corrected chi connectivity index (χ2v) is 10.0. The molecule has 0 aliphatic heterocycles. The molecular formula is C32H25NO. The Hall–Kier alpha value is -3.91. The second-order valence-electron chi connectivity index (χ2n) is 10.0. The van der Waals surface area contributed by atoms with E-state index in [1.165, 1.54) is 44.2 Å². The lowest BCUT2D eigenvalue weighted by atomic mass is 9.77. The van der Waals surface area contributed by atoms with Crippen molar-refractivity contribution in [3.05, 3.63) is 120 Å². The molecular weight excluding hydrogens is 414 g/mol. The van der Waals surface area contributed by atoms with Crippen LogP contribution in [-0.4, -0.2) is 4.98 Å². The van der Waals surface area contributed by atoms with Gasteiger partial charge in [0.1, 0.15) is 11.2 Å². The van der Waals surface area contributed by atoms with E-state index in [1.807, 2.05) is 24.5 Å². The first-order chi connectivity index (χ1) is 16.6. The first kappa shape index (κ1) is 19.5. The van der Waals surface area contributed by atoms with Crippen LogP contribution in [0, 0.1) is 0 Å². The Kier molecular flexibility index (Phi) is 4.05. The molecule has 7 rings (SSSR count). The van der Waals surface area contributed by atoms with E-state index in [0.717, 1.165) is 23.2 Å². The molecule has 1 atom stereocenters. The van der Waals surface area contributed by atoms with Crippen molar-refractivity contribution in [2.45, 2.75) is 31.6 Å². The Morgan fingerprint density at radius 2 is 1.71 bits per heavy atom. The first-order valence-electron chi connectivity index (χ1n) is 12.0. The molecule has 2 heterocycles. The molecule has 0 bridgehead atoms. The summed E-state index contributed by atoms with van der Waals surface area (Å²) in [5.41, 5.74) is 11.4. The monoisotopic (exact) mass is 439 g/mol. The Bertz CT molecular complexity index is 1630. The maximum absolute atomic E-state index is 6.22. The molecule has 34 heavy (non-hydrogen) atoms. The molecule has 2 heteroatoms. The van der Waals surface area contributed by atoms with Crippen LogP contribution in [0.1, 0.15) is 42.9 Å². The quantitative estimate of drug-likeness (QED) is 0.276. The summed E-state index contributed by atoms with van der Waals surface area (Å²) in [4.78, 5) is 4.26. The maximum Gasteiger partial charge on any atom is 0.135 e. The van der Waals surface area contributed by atoms with Gasteiger partial charge < -0.3 is 4.42 Å². The molecule has 3 aromatic carbocycles. The Labute approximate surface area is 199 Å². The standard InChI is InChI=1S/C32H25NO/c1-32(2)27-15-13-22(20-9-11-21(12-10-20)23-6-5-17-33-19-23)18-26(27)24-14-16-29-30(31(24)32)25-7-3-4-8-28(25)34-29/h3-17,19,22H,18H2,1-2H3. The van der Waals surface area contributed by atoms with Crippen LogP contribution in [0.25, 0.3) is 38.6 Å². The van der Waals surface area contributed by atoms with Crippen LogP contribution in [0.4, 0.5) is 0 Å². The number of nitrogens with zero attached hydrogens (tertiary/aromatic N) is 1. The van der Waals surface area contributed by atoms with E-state index in [-0.39, 0.29) is 5.41 Å². The number of allylic oxidation sites excluding steroid dienone is 4. The van der Waals surface area contributed by atoms with Crippen molar-refractivity contribution in [1.29, 1.82) is 0 Å². The summed E-state index contributed by atoms with van der Waals surface area (Å²) in [5.74, 6) is 0.375. The zero-order chi connectivity index (χ0) is 22.9. The predicted octanol–water partition coefficient (Wildman–Crippen LogP) is 8.44. The van der Waals surface area contributed by atoms with Crippen LogP contribution in [-0.2, 0) is 5.41 Å². The van der Waals surface area contributed by atoms with Gasteiger partial charge in [0, 0.05) is 34.5 Å². The summed E-state index contributed by atoms with van der Waals surface area (Å²) in [6, 6.07) is 26.0. The molecule has 0 fully saturated rings. The van der Waals surface area contributed by atoms with Crippen LogP contribution in [0.2, 0.25) is 0 Å². The van der Waals surface area contributed by atoms with Crippen LogP contribution in [0.3, 0.4) is 0 Å². The number of furan rings is 1. The van der Waals surface area contributed by atoms with E-state index < -0.39 is 0 Å². The van der Waals surface area contributed by atoms with Gasteiger partial charge in [0.25, 0.3) is 0 Å². The van der Waals surface area contributed by atoms with Gasteiger partial charge in [0.2, 0.25) is 0 Å².